The van der Waals surface area contributed by atoms with Crippen LogP contribution < -0.4 is 25.4 Å². The normalized spacial score (nSPS) is 19.4. The molecule has 0 atom stereocenters. The van der Waals surface area contributed by atoms with Crippen molar-refractivity contribution in [1.29, 1.82) is 0 Å². The summed E-state index contributed by atoms with van der Waals surface area (Å²) in [5.74, 6) is 1.13. The van der Waals surface area contributed by atoms with Crippen LogP contribution in [0.1, 0.15) is 40.5 Å². The van der Waals surface area contributed by atoms with E-state index in [9.17, 15) is 4.79 Å². The predicted molar refractivity (Wildman–Crippen MR) is 96.0 cm³/mol. The highest BCUT2D eigenvalue weighted by atomic mass is 16.5. The second kappa shape index (κ2) is 6.89. The number of benzene rings is 1. The van der Waals surface area contributed by atoms with Gasteiger partial charge in [0.05, 0.1) is 14.2 Å². The summed E-state index contributed by atoms with van der Waals surface area (Å²) in [6, 6.07) is 5.23. The van der Waals surface area contributed by atoms with Crippen molar-refractivity contribution in [1.82, 2.24) is 10.6 Å². The third-order valence-electron chi connectivity index (χ3n) is 4.19. The maximum atomic E-state index is 12.5. The first-order valence-electron chi connectivity index (χ1n) is 8.24. The number of methoxy groups -OCH3 is 2. The van der Waals surface area contributed by atoms with Gasteiger partial charge in [-0.25, -0.2) is 4.79 Å². The third-order valence-corrected chi connectivity index (χ3v) is 4.19. The number of hydrogen-bond acceptors (Lipinski definition) is 4. The first-order chi connectivity index (χ1) is 11.2. The molecular formula is C18H29N3O3. The Kier molecular flexibility index (Phi) is 5.28. The van der Waals surface area contributed by atoms with E-state index in [-0.39, 0.29) is 23.2 Å². The summed E-state index contributed by atoms with van der Waals surface area (Å²) in [6.07, 6.45) is 1.74. The summed E-state index contributed by atoms with van der Waals surface area (Å²) in [6.45, 7) is 8.63. The lowest BCUT2D eigenvalue weighted by atomic mass is 9.80. The number of rotatable bonds is 4. The molecule has 6 nitrogen and oxygen atoms in total. The van der Waals surface area contributed by atoms with E-state index in [2.05, 4.69) is 43.6 Å². The molecule has 0 radical (unpaired) electrons. The first-order valence-corrected chi connectivity index (χ1v) is 8.24. The Morgan fingerprint density at radius 1 is 1.08 bits per heavy atom. The van der Waals surface area contributed by atoms with E-state index >= 15 is 0 Å². The zero-order valence-corrected chi connectivity index (χ0v) is 15.4. The van der Waals surface area contributed by atoms with Gasteiger partial charge in [-0.1, -0.05) is 6.07 Å². The minimum absolute atomic E-state index is 0.0260. The molecule has 0 bridgehead atoms. The van der Waals surface area contributed by atoms with Crippen LogP contribution in [0.15, 0.2) is 18.2 Å². The zero-order chi connectivity index (χ0) is 18.0. The van der Waals surface area contributed by atoms with E-state index in [4.69, 9.17) is 9.47 Å². The van der Waals surface area contributed by atoms with Crippen LogP contribution in [0.2, 0.25) is 0 Å². The lowest BCUT2D eigenvalue weighted by molar-refractivity contribution is 0.149. The fourth-order valence-electron chi connectivity index (χ4n) is 3.73. The van der Waals surface area contributed by atoms with Crippen LogP contribution in [0.25, 0.3) is 0 Å². The molecule has 0 aromatic heterocycles. The van der Waals surface area contributed by atoms with E-state index in [1.807, 2.05) is 6.07 Å². The number of ether oxygens (including phenoxy) is 2. The smallest absolute Gasteiger partial charge is 0.319 e. The number of para-hydroxylation sites is 1. The summed E-state index contributed by atoms with van der Waals surface area (Å²) >= 11 is 0. The van der Waals surface area contributed by atoms with Gasteiger partial charge in [0.1, 0.15) is 17.2 Å². The molecular weight excluding hydrogens is 306 g/mol. The minimum atomic E-state index is -0.253. The number of anilines is 1. The van der Waals surface area contributed by atoms with Gasteiger partial charge in [-0.2, -0.15) is 0 Å². The van der Waals surface area contributed by atoms with Crippen molar-refractivity contribution in [2.45, 2.75) is 57.7 Å². The van der Waals surface area contributed by atoms with E-state index in [0.29, 0.717) is 17.2 Å². The average Bonchev–Trinajstić information content (AvgIpc) is 2.43. The molecule has 6 heteroatoms. The maximum absolute atomic E-state index is 12.5. The van der Waals surface area contributed by atoms with Gasteiger partial charge < -0.3 is 25.4 Å². The Morgan fingerprint density at radius 3 is 2.04 bits per heavy atom. The van der Waals surface area contributed by atoms with Crippen LogP contribution in [0.4, 0.5) is 10.5 Å². The van der Waals surface area contributed by atoms with Crippen molar-refractivity contribution in [3.05, 3.63) is 18.2 Å². The molecule has 0 saturated carbocycles. The summed E-state index contributed by atoms with van der Waals surface area (Å²) < 4.78 is 10.6. The molecule has 134 valence electrons. The number of urea groups is 1. The molecule has 0 aliphatic carbocycles. The summed E-state index contributed by atoms with van der Waals surface area (Å²) in [5.41, 5.74) is 0.483. The molecule has 1 aromatic rings. The number of piperidine rings is 1. The Morgan fingerprint density at radius 2 is 1.58 bits per heavy atom. The Balaban J connectivity index is 2.09. The molecule has 1 saturated heterocycles. The largest absolute Gasteiger partial charge is 0.494 e. The maximum Gasteiger partial charge on any atom is 0.319 e. The molecule has 1 aromatic carbocycles. The summed E-state index contributed by atoms with van der Waals surface area (Å²) in [7, 11) is 3.13. The average molecular weight is 335 g/mol. The van der Waals surface area contributed by atoms with Gasteiger partial charge in [-0.3, -0.25) is 0 Å². The van der Waals surface area contributed by atoms with Crippen molar-refractivity contribution in [3.8, 4) is 11.5 Å². The highest BCUT2D eigenvalue weighted by molar-refractivity contribution is 5.93. The highest BCUT2D eigenvalue weighted by Gasteiger charge is 2.38. The van der Waals surface area contributed by atoms with Crippen molar-refractivity contribution in [2.24, 2.45) is 0 Å². The number of amides is 2. The lowest BCUT2D eigenvalue weighted by Gasteiger charge is -2.46. The lowest BCUT2D eigenvalue weighted by Crippen LogP contribution is -2.62. The van der Waals surface area contributed by atoms with Crippen LogP contribution in [0, 0.1) is 0 Å². The van der Waals surface area contributed by atoms with Crippen molar-refractivity contribution in [2.75, 3.05) is 19.5 Å². The quantitative estimate of drug-likeness (QED) is 0.790. The van der Waals surface area contributed by atoms with E-state index < -0.39 is 0 Å². The molecule has 3 N–H and O–H groups in total. The first kappa shape index (κ1) is 18.4. The van der Waals surface area contributed by atoms with Crippen LogP contribution in [0.3, 0.4) is 0 Å². The molecule has 1 aliphatic rings. The Hall–Kier alpha value is -1.95. The monoisotopic (exact) mass is 335 g/mol. The van der Waals surface area contributed by atoms with Gasteiger partial charge in [-0.15, -0.1) is 0 Å². The highest BCUT2D eigenvalue weighted by Crippen LogP contribution is 2.34. The number of hydrogen-bond donors (Lipinski definition) is 3. The zero-order valence-electron chi connectivity index (χ0n) is 15.4. The molecule has 1 heterocycles. The fraction of sp³-hybridized carbons (Fsp3) is 0.611. The van der Waals surface area contributed by atoms with Gasteiger partial charge in [-0.05, 0) is 52.7 Å². The van der Waals surface area contributed by atoms with Crippen LogP contribution in [0.5, 0.6) is 11.5 Å². The molecule has 2 amide bonds. The second-order valence-corrected chi connectivity index (χ2v) is 7.63. The van der Waals surface area contributed by atoms with Crippen molar-refractivity contribution >= 4 is 11.7 Å². The fourth-order valence-corrected chi connectivity index (χ4v) is 3.73. The minimum Gasteiger partial charge on any atom is -0.494 e. The molecule has 24 heavy (non-hydrogen) atoms. The van der Waals surface area contributed by atoms with E-state index in [0.717, 1.165) is 12.8 Å². The van der Waals surface area contributed by atoms with Gasteiger partial charge in [0, 0.05) is 17.1 Å². The van der Waals surface area contributed by atoms with Crippen LogP contribution >= 0.6 is 0 Å². The third kappa shape index (κ3) is 4.54. The Labute approximate surface area is 144 Å². The summed E-state index contributed by atoms with van der Waals surface area (Å²) in [5, 5.41) is 9.55. The van der Waals surface area contributed by atoms with Crippen molar-refractivity contribution < 1.29 is 14.3 Å². The Bertz CT molecular complexity index is 561. The molecule has 0 spiro atoms. The molecule has 0 unspecified atom stereocenters. The summed E-state index contributed by atoms with van der Waals surface area (Å²) in [4.78, 5) is 12.5. The van der Waals surface area contributed by atoms with E-state index in [1.165, 1.54) is 0 Å². The topological polar surface area (TPSA) is 71.6 Å². The molecule has 1 aliphatic heterocycles. The van der Waals surface area contributed by atoms with Crippen LogP contribution in [-0.4, -0.2) is 37.4 Å². The number of carbonyl (C=O) groups is 1. The number of nitrogens with one attached hydrogen (secondary N) is 3. The van der Waals surface area contributed by atoms with Crippen molar-refractivity contribution in [3.63, 3.8) is 0 Å². The van der Waals surface area contributed by atoms with Gasteiger partial charge >= 0.3 is 6.03 Å². The SMILES string of the molecule is COc1cccc(OC)c1NC(=O)NC1CC(C)(C)NC(C)(C)C1. The van der Waals surface area contributed by atoms with Gasteiger partial charge in [0.15, 0.2) is 0 Å². The molecule has 1 fully saturated rings. The standard InChI is InChI=1S/C18H29N3O3/c1-17(2)10-12(11-18(3,4)21-17)19-16(22)20-15-13(23-5)8-7-9-14(15)24-6/h7-9,12,21H,10-11H2,1-6H3,(H2,19,20,22). The van der Waals surface area contributed by atoms with Gasteiger partial charge in [0.2, 0.25) is 0 Å². The van der Waals surface area contributed by atoms with Gasteiger partial charge in [0.25, 0.3) is 0 Å². The second-order valence-electron chi connectivity index (χ2n) is 7.63. The number of carbonyl (C=O) groups excluding carboxylic acids is 1. The van der Waals surface area contributed by atoms with E-state index in [1.54, 1.807) is 26.4 Å². The molecule has 2 rings (SSSR count). The van der Waals surface area contributed by atoms with Crippen LogP contribution in [-0.2, 0) is 0 Å². The predicted octanol–water partition coefficient (Wildman–Crippen LogP) is 3.13.